The molecule has 1 atom stereocenters. The van der Waals surface area contributed by atoms with Crippen molar-refractivity contribution in [3.63, 3.8) is 0 Å². The summed E-state index contributed by atoms with van der Waals surface area (Å²) < 4.78 is 0.611. The monoisotopic (exact) mass is 479 g/mol. The number of aromatic nitrogens is 2. The Hall–Kier alpha value is -3.24. The van der Waals surface area contributed by atoms with Gasteiger partial charge < -0.3 is 15.1 Å². The van der Waals surface area contributed by atoms with E-state index in [1.807, 2.05) is 59.5 Å². The maximum atomic E-state index is 12.7. The molecule has 1 fully saturated rings. The first-order chi connectivity index (χ1) is 16.1. The van der Waals surface area contributed by atoms with Crippen molar-refractivity contribution in [3.8, 4) is 0 Å². The van der Waals surface area contributed by atoms with Gasteiger partial charge in [-0.05, 0) is 30.2 Å². The normalized spacial score (nSPS) is 17.3. The van der Waals surface area contributed by atoms with Gasteiger partial charge in [-0.3, -0.25) is 14.4 Å². The zero-order valence-corrected chi connectivity index (χ0v) is 19.3. The summed E-state index contributed by atoms with van der Waals surface area (Å²) >= 11 is 2.54. The Bertz CT molecular complexity index is 1200. The van der Waals surface area contributed by atoms with Gasteiger partial charge in [0.15, 0.2) is 4.34 Å². The minimum absolute atomic E-state index is 0.0243. The van der Waals surface area contributed by atoms with Crippen LogP contribution in [0.5, 0.6) is 0 Å². The lowest BCUT2D eigenvalue weighted by Crippen LogP contribution is -2.30. The van der Waals surface area contributed by atoms with Gasteiger partial charge in [-0.1, -0.05) is 59.5 Å². The van der Waals surface area contributed by atoms with Crippen molar-refractivity contribution in [2.75, 3.05) is 34.0 Å². The molecule has 0 aliphatic carbocycles. The molecule has 1 N–H and O–H groups in total. The number of anilines is 3. The highest BCUT2D eigenvalue weighted by atomic mass is 32.2. The predicted octanol–water partition coefficient (Wildman–Crippen LogP) is 3.21. The Morgan fingerprint density at radius 2 is 1.88 bits per heavy atom. The predicted molar refractivity (Wildman–Crippen MR) is 129 cm³/mol. The molecule has 33 heavy (non-hydrogen) atoms. The Morgan fingerprint density at radius 3 is 2.73 bits per heavy atom. The molecule has 2 aliphatic rings. The molecule has 8 nitrogen and oxygen atoms in total. The van der Waals surface area contributed by atoms with Crippen molar-refractivity contribution in [1.29, 1.82) is 0 Å². The van der Waals surface area contributed by atoms with E-state index in [0.29, 0.717) is 22.6 Å². The number of fused-ring (bicyclic) bond motifs is 1. The van der Waals surface area contributed by atoms with Gasteiger partial charge in [0, 0.05) is 30.9 Å². The molecule has 2 aliphatic heterocycles. The molecule has 0 spiro atoms. The number of amides is 3. The lowest BCUT2D eigenvalue weighted by molar-refractivity contribution is -0.122. The third-order valence-corrected chi connectivity index (χ3v) is 7.66. The summed E-state index contributed by atoms with van der Waals surface area (Å²) in [6.07, 6.45) is 1.03. The highest BCUT2D eigenvalue weighted by Gasteiger charge is 2.35. The van der Waals surface area contributed by atoms with Gasteiger partial charge in [0.25, 0.3) is 0 Å². The van der Waals surface area contributed by atoms with Gasteiger partial charge in [-0.25, -0.2) is 0 Å². The molecule has 3 heterocycles. The maximum Gasteiger partial charge on any atom is 0.237 e. The molecule has 0 radical (unpaired) electrons. The summed E-state index contributed by atoms with van der Waals surface area (Å²) in [4.78, 5) is 41.2. The van der Waals surface area contributed by atoms with E-state index in [1.54, 1.807) is 4.90 Å². The number of carbonyl (C=O) groups is 3. The Labute approximate surface area is 199 Å². The molecule has 1 aromatic heterocycles. The fraction of sp³-hybridized carbons (Fsp3) is 0.261. The van der Waals surface area contributed by atoms with Crippen LogP contribution in [-0.2, 0) is 20.8 Å². The van der Waals surface area contributed by atoms with Gasteiger partial charge in [0.2, 0.25) is 22.9 Å². The second kappa shape index (κ2) is 9.32. The molecule has 3 aromatic rings. The molecule has 0 saturated carbocycles. The second-order valence-corrected chi connectivity index (χ2v) is 10.0. The molecule has 5 rings (SSSR count). The van der Waals surface area contributed by atoms with E-state index in [2.05, 4.69) is 15.5 Å². The van der Waals surface area contributed by atoms with Gasteiger partial charge in [-0.15, -0.1) is 10.2 Å². The molecular weight excluding hydrogens is 458 g/mol. The first-order valence-corrected chi connectivity index (χ1v) is 12.4. The Morgan fingerprint density at radius 1 is 1.09 bits per heavy atom. The standard InChI is InChI=1S/C23H21N5O3S2/c29-19-12-16(13-28(19)17-7-2-1-3-8-17)21(31)24-22-25-26-23(33-22)32-14-20(30)27-11-10-15-6-4-5-9-18(15)27/h1-9,16H,10-14H2,(H,24,25,31). The molecule has 10 heteroatoms. The van der Waals surface area contributed by atoms with Crippen LogP contribution in [-0.4, -0.2) is 46.8 Å². The third kappa shape index (κ3) is 4.62. The molecule has 0 bridgehead atoms. The zero-order chi connectivity index (χ0) is 22.8. The highest BCUT2D eigenvalue weighted by Crippen LogP contribution is 2.31. The largest absolute Gasteiger partial charge is 0.312 e. The fourth-order valence-corrected chi connectivity index (χ4v) is 5.70. The maximum absolute atomic E-state index is 12.7. The molecular formula is C23H21N5O3S2. The summed E-state index contributed by atoms with van der Waals surface area (Å²) in [5, 5.41) is 11.3. The van der Waals surface area contributed by atoms with Gasteiger partial charge >= 0.3 is 0 Å². The van der Waals surface area contributed by atoms with Crippen molar-refractivity contribution < 1.29 is 14.4 Å². The smallest absolute Gasteiger partial charge is 0.237 e. The Kier molecular flexibility index (Phi) is 6.10. The van der Waals surface area contributed by atoms with Crippen LogP contribution in [0.1, 0.15) is 12.0 Å². The van der Waals surface area contributed by atoms with Gasteiger partial charge in [0.1, 0.15) is 0 Å². The lowest BCUT2D eigenvalue weighted by atomic mass is 10.1. The van der Waals surface area contributed by atoms with Crippen LogP contribution in [0.4, 0.5) is 16.5 Å². The number of rotatable bonds is 6. The quantitative estimate of drug-likeness (QED) is 0.431. The minimum atomic E-state index is -0.450. The third-order valence-electron chi connectivity index (χ3n) is 5.71. The van der Waals surface area contributed by atoms with E-state index in [4.69, 9.17) is 0 Å². The van der Waals surface area contributed by atoms with Crippen molar-refractivity contribution in [3.05, 3.63) is 60.2 Å². The summed E-state index contributed by atoms with van der Waals surface area (Å²) in [6, 6.07) is 17.3. The van der Waals surface area contributed by atoms with E-state index < -0.39 is 5.92 Å². The van der Waals surface area contributed by atoms with Crippen molar-refractivity contribution >= 4 is 57.3 Å². The fourth-order valence-electron chi connectivity index (χ4n) is 4.07. The average Bonchev–Trinajstić information content (AvgIpc) is 3.56. The summed E-state index contributed by atoms with van der Waals surface area (Å²) in [7, 11) is 0. The van der Waals surface area contributed by atoms with Crippen LogP contribution in [0.15, 0.2) is 58.9 Å². The number of hydrogen-bond donors (Lipinski definition) is 1. The van der Waals surface area contributed by atoms with Crippen molar-refractivity contribution in [2.45, 2.75) is 17.2 Å². The van der Waals surface area contributed by atoms with Crippen LogP contribution >= 0.6 is 23.1 Å². The molecule has 1 unspecified atom stereocenters. The first kappa shape index (κ1) is 21.6. The molecule has 168 valence electrons. The first-order valence-electron chi connectivity index (χ1n) is 10.6. The van der Waals surface area contributed by atoms with Crippen molar-refractivity contribution in [2.24, 2.45) is 5.92 Å². The van der Waals surface area contributed by atoms with E-state index >= 15 is 0 Å². The summed E-state index contributed by atoms with van der Waals surface area (Å²) in [5.41, 5.74) is 2.95. The SMILES string of the molecule is O=C(Nc1nnc(SCC(=O)N2CCc3ccccc32)s1)C1CC(=O)N(c2ccccc2)C1. The number of thioether (sulfide) groups is 1. The number of nitrogens with zero attached hydrogens (tertiary/aromatic N) is 4. The van der Waals surface area contributed by atoms with Gasteiger partial charge in [-0.2, -0.15) is 0 Å². The topological polar surface area (TPSA) is 95.5 Å². The molecule has 2 aromatic carbocycles. The van der Waals surface area contributed by atoms with Crippen LogP contribution in [0.3, 0.4) is 0 Å². The van der Waals surface area contributed by atoms with Gasteiger partial charge in [0.05, 0.1) is 11.7 Å². The van der Waals surface area contributed by atoms with E-state index in [9.17, 15) is 14.4 Å². The summed E-state index contributed by atoms with van der Waals surface area (Å²) in [6.45, 7) is 1.02. The number of benzene rings is 2. The van der Waals surface area contributed by atoms with E-state index in [0.717, 1.165) is 17.8 Å². The number of para-hydroxylation sites is 2. The number of carbonyl (C=O) groups excluding carboxylic acids is 3. The minimum Gasteiger partial charge on any atom is -0.312 e. The summed E-state index contributed by atoms with van der Waals surface area (Å²) in [5.74, 6) is -0.498. The molecule has 1 saturated heterocycles. The van der Waals surface area contributed by atoms with Crippen LogP contribution in [0.25, 0.3) is 0 Å². The number of hydrogen-bond acceptors (Lipinski definition) is 7. The van der Waals surface area contributed by atoms with Crippen molar-refractivity contribution in [1.82, 2.24) is 10.2 Å². The van der Waals surface area contributed by atoms with Crippen LogP contribution in [0, 0.1) is 5.92 Å². The number of nitrogens with one attached hydrogen (secondary N) is 1. The van der Waals surface area contributed by atoms with E-state index in [-0.39, 0.29) is 29.9 Å². The zero-order valence-electron chi connectivity index (χ0n) is 17.6. The Balaban J connectivity index is 1.14. The molecule has 3 amide bonds. The van der Waals surface area contributed by atoms with Crippen LogP contribution in [0.2, 0.25) is 0 Å². The second-order valence-electron chi connectivity index (χ2n) is 7.82. The lowest BCUT2D eigenvalue weighted by Gasteiger charge is -2.16. The highest BCUT2D eigenvalue weighted by molar-refractivity contribution is 8.01. The van der Waals surface area contributed by atoms with Crippen LogP contribution < -0.4 is 15.1 Å². The average molecular weight is 480 g/mol. The van der Waals surface area contributed by atoms with E-state index in [1.165, 1.54) is 28.7 Å².